The van der Waals surface area contributed by atoms with Gasteiger partial charge in [0.15, 0.2) is 11.5 Å². The molecule has 7 nitrogen and oxygen atoms in total. The number of ether oxygens (including phenoxy) is 3. The highest BCUT2D eigenvalue weighted by Gasteiger charge is 2.15. The standard InChI is InChI=1S/C23H24N2O5S/c1-28-21-14-16(15-22(29-2)23(21)30-3)8-9-17-6-4-5-7-20(17)25-31(26,27)19-12-10-18(24)11-13-19/h4-15,25H,24H2,1-3H3/b9-8-. The van der Waals surface area contributed by atoms with Gasteiger partial charge in [-0.05, 0) is 53.6 Å². The molecular formula is C23H24N2O5S. The number of hydrogen-bond acceptors (Lipinski definition) is 6. The van der Waals surface area contributed by atoms with E-state index in [-0.39, 0.29) is 4.90 Å². The fourth-order valence-corrected chi connectivity index (χ4v) is 4.06. The van der Waals surface area contributed by atoms with E-state index in [1.165, 1.54) is 12.1 Å². The summed E-state index contributed by atoms with van der Waals surface area (Å²) in [5.41, 5.74) is 8.08. The second-order valence-electron chi connectivity index (χ2n) is 6.55. The zero-order chi connectivity index (χ0) is 22.4. The lowest BCUT2D eigenvalue weighted by Gasteiger charge is -2.13. The fourth-order valence-electron chi connectivity index (χ4n) is 2.97. The van der Waals surface area contributed by atoms with E-state index < -0.39 is 10.0 Å². The van der Waals surface area contributed by atoms with Gasteiger partial charge in [0, 0.05) is 5.69 Å². The van der Waals surface area contributed by atoms with Crippen molar-refractivity contribution >= 4 is 33.6 Å². The third-order valence-corrected chi connectivity index (χ3v) is 5.92. The van der Waals surface area contributed by atoms with Crippen LogP contribution in [0, 0.1) is 0 Å². The molecule has 3 aromatic carbocycles. The first-order valence-corrected chi connectivity index (χ1v) is 10.8. The van der Waals surface area contributed by atoms with Gasteiger partial charge in [0.1, 0.15) is 0 Å². The molecule has 162 valence electrons. The van der Waals surface area contributed by atoms with E-state index in [1.54, 1.807) is 57.7 Å². The molecule has 0 heterocycles. The normalized spacial score (nSPS) is 11.3. The van der Waals surface area contributed by atoms with E-state index in [4.69, 9.17) is 19.9 Å². The molecule has 8 heteroatoms. The van der Waals surface area contributed by atoms with Gasteiger partial charge in [0.25, 0.3) is 10.0 Å². The summed E-state index contributed by atoms with van der Waals surface area (Å²) in [5, 5.41) is 0. The molecule has 0 aliphatic carbocycles. The average molecular weight is 441 g/mol. The number of benzene rings is 3. The minimum absolute atomic E-state index is 0.130. The number of nitrogen functional groups attached to an aromatic ring is 1. The van der Waals surface area contributed by atoms with Gasteiger partial charge in [-0.1, -0.05) is 30.4 Å². The Hall–Kier alpha value is -3.65. The summed E-state index contributed by atoms with van der Waals surface area (Å²) >= 11 is 0. The molecule has 0 unspecified atom stereocenters. The Labute approximate surface area is 182 Å². The van der Waals surface area contributed by atoms with Crippen LogP contribution in [0.15, 0.2) is 65.6 Å². The van der Waals surface area contributed by atoms with Gasteiger partial charge >= 0.3 is 0 Å². The van der Waals surface area contributed by atoms with E-state index >= 15 is 0 Å². The van der Waals surface area contributed by atoms with Gasteiger partial charge < -0.3 is 19.9 Å². The zero-order valence-corrected chi connectivity index (χ0v) is 18.3. The lowest BCUT2D eigenvalue weighted by atomic mass is 10.1. The second-order valence-corrected chi connectivity index (χ2v) is 8.24. The predicted octanol–water partition coefficient (Wildman–Crippen LogP) is 4.27. The number of methoxy groups -OCH3 is 3. The zero-order valence-electron chi connectivity index (χ0n) is 17.5. The van der Waals surface area contributed by atoms with Crippen LogP contribution >= 0.6 is 0 Å². The number of para-hydroxylation sites is 1. The minimum atomic E-state index is -3.76. The van der Waals surface area contributed by atoms with Crippen molar-refractivity contribution in [3.63, 3.8) is 0 Å². The molecule has 0 aliphatic rings. The van der Waals surface area contributed by atoms with Crippen LogP contribution < -0.4 is 24.7 Å². The van der Waals surface area contributed by atoms with Crippen LogP contribution in [0.3, 0.4) is 0 Å². The summed E-state index contributed by atoms with van der Waals surface area (Å²) in [6.07, 6.45) is 3.64. The molecule has 0 saturated carbocycles. The van der Waals surface area contributed by atoms with Crippen LogP contribution in [-0.4, -0.2) is 29.7 Å². The smallest absolute Gasteiger partial charge is 0.261 e. The molecule has 0 radical (unpaired) electrons. The van der Waals surface area contributed by atoms with Crippen molar-refractivity contribution in [2.75, 3.05) is 31.8 Å². The van der Waals surface area contributed by atoms with E-state index in [0.717, 1.165) is 5.56 Å². The molecule has 3 N–H and O–H groups in total. The van der Waals surface area contributed by atoms with Crippen LogP contribution in [0.5, 0.6) is 17.2 Å². The largest absolute Gasteiger partial charge is 0.493 e. The Bertz CT molecular complexity index is 1160. The number of sulfonamides is 1. The van der Waals surface area contributed by atoms with Crippen molar-refractivity contribution in [3.8, 4) is 17.2 Å². The second kappa shape index (κ2) is 9.44. The van der Waals surface area contributed by atoms with Crippen molar-refractivity contribution in [1.29, 1.82) is 0 Å². The van der Waals surface area contributed by atoms with Gasteiger partial charge in [-0.25, -0.2) is 8.42 Å². The highest BCUT2D eigenvalue weighted by atomic mass is 32.2. The number of nitrogens with two attached hydrogens (primary N) is 1. The molecule has 0 aliphatic heterocycles. The Balaban J connectivity index is 1.92. The maximum Gasteiger partial charge on any atom is 0.261 e. The molecule has 0 amide bonds. The Morgan fingerprint density at radius 2 is 1.45 bits per heavy atom. The SMILES string of the molecule is COc1cc(/C=C\c2ccccc2NS(=O)(=O)c2ccc(N)cc2)cc(OC)c1OC. The molecule has 0 bridgehead atoms. The monoisotopic (exact) mass is 440 g/mol. The van der Waals surface area contributed by atoms with Crippen molar-refractivity contribution in [1.82, 2.24) is 0 Å². The van der Waals surface area contributed by atoms with Crippen molar-refractivity contribution in [3.05, 3.63) is 71.8 Å². The molecular weight excluding hydrogens is 416 g/mol. The molecule has 31 heavy (non-hydrogen) atoms. The summed E-state index contributed by atoms with van der Waals surface area (Å²) in [5.74, 6) is 1.55. The molecule has 3 rings (SSSR count). The van der Waals surface area contributed by atoms with Crippen molar-refractivity contribution < 1.29 is 22.6 Å². The maximum absolute atomic E-state index is 12.8. The first-order chi connectivity index (χ1) is 14.9. The number of hydrogen-bond donors (Lipinski definition) is 2. The van der Waals surface area contributed by atoms with Gasteiger partial charge in [-0.2, -0.15) is 0 Å². The van der Waals surface area contributed by atoms with Crippen LogP contribution in [0.2, 0.25) is 0 Å². The molecule has 0 aromatic heterocycles. The molecule has 0 atom stereocenters. The quantitative estimate of drug-likeness (QED) is 0.401. The summed E-state index contributed by atoms with van der Waals surface area (Å²) in [6, 6.07) is 16.7. The van der Waals surface area contributed by atoms with E-state index in [0.29, 0.717) is 34.2 Å². The van der Waals surface area contributed by atoms with Gasteiger partial charge in [0.2, 0.25) is 5.75 Å². The molecule has 0 saturated heterocycles. The fraction of sp³-hybridized carbons (Fsp3) is 0.130. The predicted molar refractivity (Wildman–Crippen MR) is 123 cm³/mol. The van der Waals surface area contributed by atoms with E-state index in [1.807, 2.05) is 24.3 Å². The Morgan fingerprint density at radius 3 is 2.03 bits per heavy atom. The van der Waals surface area contributed by atoms with Crippen molar-refractivity contribution in [2.45, 2.75) is 4.90 Å². The van der Waals surface area contributed by atoms with E-state index in [2.05, 4.69) is 4.72 Å². The lowest BCUT2D eigenvalue weighted by Crippen LogP contribution is -2.13. The molecule has 0 fully saturated rings. The first-order valence-electron chi connectivity index (χ1n) is 9.33. The number of anilines is 2. The minimum Gasteiger partial charge on any atom is -0.493 e. The topological polar surface area (TPSA) is 99.9 Å². The van der Waals surface area contributed by atoms with Gasteiger partial charge in [-0.15, -0.1) is 0 Å². The van der Waals surface area contributed by atoms with E-state index in [9.17, 15) is 8.42 Å². The summed E-state index contributed by atoms with van der Waals surface area (Å²) in [4.78, 5) is 0.130. The van der Waals surface area contributed by atoms with Gasteiger partial charge in [-0.3, -0.25) is 4.72 Å². The Kier molecular flexibility index (Phi) is 6.71. The average Bonchev–Trinajstić information content (AvgIpc) is 2.77. The summed E-state index contributed by atoms with van der Waals surface area (Å²) in [6.45, 7) is 0. The van der Waals surface area contributed by atoms with Crippen LogP contribution in [0.4, 0.5) is 11.4 Å². The molecule has 3 aromatic rings. The Morgan fingerprint density at radius 1 is 0.839 bits per heavy atom. The van der Waals surface area contributed by atoms with Crippen molar-refractivity contribution in [2.24, 2.45) is 0 Å². The highest BCUT2D eigenvalue weighted by molar-refractivity contribution is 7.92. The third kappa shape index (κ3) is 5.10. The molecule has 0 spiro atoms. The van der Waals surface area contributed by atoms with Gasteiger partial charge in [0.05, 0.1) is 31.9 Å². The van der Waals surface area contributed by atoms with Crippen LogP contribution in [0.25, 0.3) is 12.2 Å². The number of rotatable bonds is 8. The first kappa shape index (κ1) is 22.0. The maximum atomic E-state index is 12.8. The van der Waals surface area contributed by atoms with Crippen LogP contribution in [-0.2, 0) is 10.0 Å². The summed E-state index contributed by atoms with van der Waals surface area (Å²) in [7, 11) is 0.874. The number of nitrogens with one attached hydrogen (secondary N) is 1. The lowest BCUT2D eigenvalue weighted by molar-refractivity contribution is 0.324. The van der Waals surface area contributed by atoms with Crippen LogP contribution in [0.1, 0.15) is 11.1 Å². The third-order valence-electron chi connectivity index (χ3n) is 4.54. The highest BCUT2D eigenvalue weighted by Crippen LogP contribution is 2.38. The summed E-state index contributed by atoms with van der Waals surface area (Å²) < 4.78 is 44.2.